The third-order valence-corrected chi connectivity index (χ3v) is 6.81. The van der Waals surface area contributed by atoms with E-state index < -0.39 is 0 Å². The van der Waals surface area contributed by atoms with Crippen molar-refractivity contribution in [2.24, 2.45) is 10.7 Å². The fraction of sp³-hybridized carbons (Fsp3) is 0.289. The minimum absolute atomic E-state index is 0.218. The first-order valence-corrected chi connectivity index (χ1v) is 14.8. The molecule has 4 N–H and O–H groups in total. The molecule has 0 fully saturated rings. The molecule has 0 saturated carbocycles. The summed E-state index contributed by atoms with van der Waals surface area (Å²) in [5.41, 5.74) is 17.1. The van der Waals surface area contributed by atoms with Crippen LogP contribution in [-0.2, 0) is 13.1 Å². The van der Waals surface area contributed by atoms with Gasteiger partial charge in [-0.25, -0.2) is 4.39 Å². The van der Waals surface area contributed by atoms with E-state index in [1.54, 1.807) is 7.05 Å². The highest BCUT2D eigenvalue weighted by Crippen LogP contribution is 2.29. The van der Waals surface area contributed by atoms with Gasteiger partial charge in [0, 0.05) is 37.7 Å². The molecule has 0 aromatic heterocycles. The third-order valence-electron chi connectivity index (χ3n) is 6.81. The van der Waals surface area contributed by atoms with Gasteiger partial charge < -0.3 is 16.4 Å². The lowest BCUT2D eigenvalue weighted by Crippen LogP contribution is -2.11. The Hall–Kier alpha value is -4.38. The molecule has 0 aliphatic rings. The molecule has 0 aliphatic heterocycles. The lowest BCUT2D eigenvalue weighted by Gasteiger charge is -2.16. The number of aryl methyl sites for hydroxylation is 2. The Balaban J connectivity index is 0.00000174. The first-order chi connectivity index (χ1) is 20.6. The van der Waals surface area contributed by atoms with E-state index in [-0.39, 0.29) is 5.82 Å². The van der Waals surface area contributed by atoms with Gasteiger partial charge in [-0.2, -0.15) is 0 Å². The summed E-state index contributed by atoms with van der Waals surface area (Å²) in [5.74, 6) is -0.218. The highest BCUT2D eigenvalue weighted by molar-refractivity contribution is 5.85. The fourth-order valence-electron chi connectivity index (χ4n) is 4.38. The second-order valence-electron chi connectivity index (χ2n) is 10.2. The Morgan fingerprint density at radius 1 is 0.884 bits per heavy atom. The number of hydrogen-bond acceptors (Lipinski definition) is 4. The second-order valence-corrected chi connectivity index (χ2v) is 10.2. The van der Waals surface area contributed by atoms with Gasteiger partial charge in [-0.05, 0) is 122 Å². The number of nitrogens with zero attached hydrogens (tertiary/aromatic N) is 1. The molecule has 3 aromatic carbocycles. The van der Waals surface area contributed by atoms with Crippen LogP contribution < -0.4 is 16.4 Å². The number of nitrogens with two attached hydrogens (primary N) is 1. The number of allylic oxidation sites excluding steroid dienone is 6. The number of hydrogen-bond donors (Lipinski definition) is 3. The van der Waals surface area contributed by atoms with Crippen molar-refractivity contribution >= 4 is 17.5 Å². The molecule has 0 bridgehead atoms. The molecule has 0 unspecified atom stereocenters. The molecule has 0 atom stereocenters. The number of halogens is 1. The van der Waals surface area contributed by atoms with Crippen LogP contribution in [0, 0.1) is 19.7 Å². The summed E-state index contributed by atoms with van der Waals surface area (Å²) in [6, 6.07) is 22.0. The van der Waals surface area contributed by atoms with Crippen LogP contribution >= 0.6 is 0 Å². The van der Waals surface area contributed by atoms with E-state index >= 15 is 0 Å². The van der Waals surface area contributed by atoms with Gasteiger partial charge in [0.15, 0.2) is 0 Å². The minimum atomic E-state index is -0.218. The Morgan fingerprint density at radius 2 is 1.47 bits per heavy atom. The lowest BCUT2D eigenvalue weighted by molar-refractivity contribution is 0.627. The van der Waals surface area contributed by atoms with E-state index in [2.05, 4.69) is 117 Å². The lowest BCUT2D eigenvalue weighted by atomic mass is 9.91. The highest BCUT2D eigenvalue weighted by atomic mass is 19.1. The van der Waals surface area contributed by atoms with Crippen molar-refractivity contribution in [3.63, 3.8) is 0 Å². The summed E-state index contributed by atoms with van der Waals surface area (Å²) in [6.45, 7) is 21.1. The average Bonchev–Trinajstić information content (AvgIpc) is 2.99. The summed E-state index contributed by atoms with van der Waals surface area (Å²) in [7, 11) is 1.81. The predicted molar refractivity (Wildman–Crippen MR) is 188 cm³/mol. The standard InChI is InChI=1S/C34H40FN3.C2H5N.C2H6/c1-23-16-31(35)19-32(17-23)38-22-30-14-12-29(13-15-30)21-37-26(4)18-34(33-11-9-8-10-24(33)2)28(6)27(5)25(3)20-36-7;1-2-3;1-2/h8-20,37-38H,21-22H2,1-7H3;2H,1,3H2;1-2H3/b26-18+,27-25+,34-28+,36-20?;;. The smallest absolute Gasteiger partial charge is 0.125 e. The van der Waals surface area contributed by atoms with E-state index in [1.165, 1.54) is 51.7 Å². The zero-order valence-electron chi connectivity index (χ0n) is 27.6. The first kappa shape index (κ1) is 36.6. The monoisotopic (exact) mass is 582 g/mol. The largest absolute Gasteiger partial charge is 0.405 e. The van der Waals surface area contributed by atoms with Gasteiger partial charge in [0.25, 0.3) is 0 Å². The van der Waals surface area contributed by atoms with Crippen molar-refractivity contribution in [3.8, 4) is 0 Å². The fourth-order valence-corrected chi connectivity index (χ4v) is 4.38. The number of anilines is 1. The molecular formula is C38H51FN4. The highest BCUT2D eigenvalue weighted by Gasteiger charge is 2.10. The molecule has 0 spiro atoms. The van der Waals surface area contributed by atoms with E-state index in [0.717, 1.165) is 34.6 Å². The Labute approximate surface area is 260 Å². The van der Waals surface area contributed by atoms with E-state index in [1.807, 2.05) is 33.1 Å². The summed E-state index contributed by atoms with van der Waals surface area (Å²) in [4.78, 5) is 4.20. The molecule has 0 heterocycles. The van der Waals surface area contributed by atoms with Gasteiger partial charge in [-0.3, -0.25) is 4.99 Å². The zero-order valence-corrected chi connectivity index (χ0v) is 27.6. The maximum atomic E-state index is 13.6. The summed E-state index contributed by atoms with van der Waals surface area (Å²) in [5, 5.41) is 6.89. The van der Waals surface area contributed by atoms with Gasteiger partial charge >= 0.3 is 0 Å². The Morgan fingerprint density at radius 3 is 2.02 bits per heavy atom. The minimum Gasteiger partial charge on any atom is -0.405 e. The van der Waals surface area contributed by atoms with Gasteiger partial charge in [-0.1, -0.05) is 69.0 Å². The van der Waals surface area contributed by atoms with Crippen LogP contribution in [-0.4, -0.2) is 13.3 Å². The number of rotatable bonds is 10. The van der Waals surface area contributed by atoms with E-state index in [4.69, 9.17) is 0 Å². The topological polar surface area (TPSA) is 62.4 Å². The van der Waals surface area contributed by atoms with Crippen LogP contribution in [0.15, 0.2) is 113 Å². The predicted octanol–water partition coefficient (Wildman–Crippen LogP) is 9.67. The summed E-state index contributed by atoms with van der Waals surface area (Å²) >= 11 is 0. The molecule has 5 heteroatoms. The molecule has 0 radical (unpaired) electrons. The Bertz CT molecular complexity index is 1410. The number of benzene rings is 3. The maximum absolute atomic E-state index is 13.6. The van der Waals surface area contributed by atoms with Crippen molar-refractivity contribution in [1.82, 2.24) is 5.32 Å². The summed E-state index contributed by atoms with van der Waals surface area (Å²) < 4.78 is 13.6. The zero-order chi connectivity index (χ0) is 32.4. The van der Waals surface area contributed by atoms with Crippen LogP contribution in [0.2, 0.25) is 0 Å². The van der Waals surface area contributed by atoms with Crippen LogP contribution in [0.5, 0.6) is 0 Å². The van der Waals surface area contributed by atoms with Crippen LogP contribution in [0.4, 0.5) is 10.1 Å². The quantitative estimate of drug-likeness (QED) is 0.165. The first-order valence-electron chi connectivity index (χ1n) is 14.8. The normalized spacial score (nSPS) is 12.2. The van der Waals surface area contributed by atoms with Crippen molar-refractivity contribution in [1.29, 1.82) is 0 Å². The average molecular weight is 583 g/mol. The molecular weight excluding hydrogens is 531 g/mol. The number of aliphatic imine (C=N–C) groups is 1. The van der Waals surface area contributed by atoms with Crippen LogP contribution in [0.3, 0.4) is 0 Å². The second kappa shape index (κ2) is 19.7. The van der Waals surface area contributed by atoms with Gasteiger partial charge in [0.05, 0.1) is 0 Å². The Kier molecular flexibility index (Phi) is 16.8. The van der Waals surface area contributed by atoms with Gasteiger partial charge in [-0.15, -0.1) is 0 Å². The maximum Gasteiger partial charge on any atom is 0.125 e. The SMILES string of the molecule is C=CN.CC.CN=C/C(C)=C(C)/C(C)=C(\C=C(/C)NCc1ccc(CNc2cc(C)cc(F)c2)cc1)c1ccccc1C. The molecule has 0 amide bonds. The molecule has 230 valence electrons. The van der Waals surface area contributed by atoms with E-state index in [0.29, 0.717) is 6.54 Å². The van der Waals surface area contributed by atoms with E-state index in [9.17, 15) is 4.39 Å². The van der Waals surface area contributed by atoms with Crippen molar-refractivity contribution in [2.45, 2.75) is 68.5 Å². The number of nitrogens with one attached hydrogen (secondary N) is 2. The molecule has 43 heavy (non-hydrogen) atoms. The molecule has 0 aliphatic carbocycles. The summed E-state index contributed by atoms with van der Waals surface area (Å²) in [6.07, 6.45) is 5.41. The molecule has 3 aromatic rings. The van der Waals surface area contributed by atoms with Crippen LogP contribution in [0.1, 0.15) is 69.4 Å². The van der Waals surface area contributed by atoms with Crippen molar-refractivity contribution < 1.29 is 4.39 Å². The van der Waals surface area contributed by atoms with Crippen LogP contribution in [0.25, 0.3) is 5.57 Å². The molecule has 4 nitrogen and oxygen atoms in total. The van der Waals surface area contributed by atoms with Crippen molar-refractivity contribution in [3.05, 3.63) is 142 Å². The van der Waals surface area contributed by atoms with Gasteiger partial charge in [0.2, 0.25) is 0 Å². The third kappa shape index (κ3) is 12.6. The molecule has 0 saturated heterocycles. The van der Waals surface area contributed by atoms with Gasteiger partial charge in [0.1, 0.15) is 5.82 Å². The molecule has 3 rings (SSSR count). The van der Waals surface area contributed by atoms with Crippen molar-refractivity contribution in [2.75, 3.05) is 12.4 Å².